The molecule has 0 aliphatic heterocycles. The molecular formula is C10H9BrClFO. The third-order valence-corrected chi connectivity index (χ3v) is 3.27. The van der Waals surface area contributed by atoms with Gasteiger partial charge in [-0.1, -0.05) is 27.5 Å². The summed E-state index contributed by atoms with van der Waals surface area (Å²) in [5.41, 5.74) is 0. The average Bonchev–Trinajstić information content (AvgIpc) is 2.06. The van der Waals surface area contributed by atoms with Gasteiger partial charge in [-0.2, -0.15) is 0 Å². The highest BCUT2D eigenvalue weighted by molar-refractivity contribution is 9.09. The third-order valence-electron chi connectivity index (χ3n) is 2.22. The Kier molecular flexibility index (Phi) is 2.98. The Hall–Kier alpha value is -0.280. The Labute approximate surface area is 95.3 Å². The molecule has 1 aromatic carbocycles. The topological polar surface area (TPSA) is 9.23 Å². The van der Waals surface area contributed by atoms with E-state index < -0.39 is 0 Å². The second-order valence-corrected chi connectivity index (χ2v) is 5.09. The molecule has 0 aromatic heterocycles. The predicted octanol–water partition coefficient (Wildman–Crippen LogP) is 3.78. The summed E-state index contributed by atoms with van der Waals surface area (Å²) in [5, 5.41) is 0.336. The molecule has 1 aromatic rings. The fourth-order valence-corrected chi connectivity index (χ4v) is 2.39. The molecule has 0 amide bonds. The lowest BCUT2D eigenvalue weighted by Gasteiger charge is -2.31. The summed E-state index contributed by atoms with van der Waals surface area (Å²) in [7, 11) is 0. The molecule has 1 saturated carbocycles. The van der Waals surface area contributed by atoms with E-state index in [9.17, 15) is 4.39 Å². The van der Waals surface area contributed by atoms with Gasteiger partial charge in [0, 0.05) is 4.83 Å². The molecular weight excluding hydrogens is 270 g/mol. The van der Waals surface area contributed by atoms with E-state index in [1.165, 1.54) is 12.1 Å². The molecule has 0 bridgehead atoms. The van der Waals surface area contributed by atoms with E-state index in [1.807, 2.05) is 0 Å². The monoisotopic (exact) mass is 278 g/mol. The highest BCUT2D eigenvalue weighted by Gasteiger charge is 2.28. The summed E-state index contributed by atoms with van der Waals surface area (Å²) in [6.07, 6.45) is 2.17. The lowest BCUT2D eigenvalue weighted by Crippen LogP contribution is -2.34. The van der Waals surface area contributed by atoms with E-state index in [2.05, 4.69) is 15.9 Å². The molecule has 1 aliphatic carbocycles. The van der Waals surface area contributed by atoms with Crippen LogP contribution in [-0.2, 0) is 0 Å². The largest absolute Gasteiger partial charge is 0.489 e. The Bertz CT molecular complexity index is 339. The molecule has 4 heteroatoms. The molecule has 0 N–H and O–H groups in total. The van der Waals surface area contributed by atoms with Crippen LogP contribution in [0.25, 0.3) is 0 Å². The SMILES string of the molecule is Fc1ccc(OC2CC(Br)C2)c(Cl)c1. The highest BCUT2D eigenvalue weighted by Crippen LogP contribution is 2.34. The van der Waals surface area contributed by atoms with Crippen LogP contribution in [-0.4, -0.2) is 10.9 Å². The first-order valence-corrected chi connectivity index (χ1v) is 5.70. The van der Waals surface area contributed by atoms with Crippen molar-refractivity contribution in [3.8, 4) is 5.75 Å². The predicted molar refractivity (Wildman–Crippen MR) is 57.8 cm³/mol. The summed E-state index contributed by atoms with van der Waals surface area (Å²) in [4.78, 5) is 0.548. The van der Waals surface area contributed by atoms with Crippen molar-refractivity contribution in [2.24, 2.45) is 0 Å². The van der Waals surface area contributed by atoms with Crippen molar-refractivity contribution in [1.82, 2.24) is 0 Å². The first kappa shape index (κ1) is 10.2. The highest BCUT2D eigenvalue weighted by atomic mass is 79.9. The van der Waals surface area contributed by atoms with E-state index >= 15 is 0 Å². The van der Waals surface area contributed by atoms with Gasteiger partial charge in [0.15, 0.2) is 0 Å². The summed E-state index contributed by atoms with van der Waals surface area (Å²) in [6, 6.07) is 4.19. The molecule has 0 atom stereocenters. The van der Waals surface area contributed by atoms with Crippen LogP contribution in [0.2, 0.25) is 5.02 Å². The molecule has 1 aliphatic rings. The number of hydrogen-bond donors (Lipinski definition) is 0. The van der Waals surface area contributed by atoms with Gasteiger partial charge in [0.05, 0.1) is 5.02 Å². The van der Waals surface area contributed by atoms with E-state index in [-0.39, 0.29) is 11.9 Å². The first-order valence-electron chi connectivity index (χ1n) is 4.41. The maximum Gasteiger partial charge on any atom is 0.138 e. The van der Waals surface area contributed by atoms with Crippen LogP contribution >= 0.6 is 27.5 Å². The van der Waals surface area contributed by atoms with Crippen LogP contribution in [0, 0.1) is 5.82 Å². The van der Waals surface area contributed by atoms with Crippen LogP contribution < -0.4 is 4.74 Å². The Morgan fingerprint density at radius 1 is 1.43 bits per heavy atom. The maximum absolute atomic E-state index is 12.7. The Morgan fingerprint density at radius 3 is 2.71 bits per heavy atom. The minimum Gasteiger partial charge on any atom is -0.489 e. The van der Waals surface area contributed by atoms with Crippen molar-refractivity contribution in [1.29, 1.82) is 0 Å². The second kappa shape index (κ2) is 4.07. The van der Waals surface area contributed by atoms with Crippen molar-refractivity contribution in [2.45, 2.75) is 23.8 Å². The van der Waals surface area contributed by atoms with Crippen molar-refractivity contribution in [3.63, 3.8) is 0 Å². The fourth-order valence-electron chi connectivity index (χ4n) is 1.35. The van der Waals surface area contributed by atoms with Crippen molar-refractivity contribution >= 4 is 27.5 Å². The number of alkyl halides is 1. The third kappa shape index (κ3) is 2.20. The van der Waals surface area contributed by atoms with E-state index in [0.29, 0.717) is 15.6 Å². The molecule has 1 nitrogen and oxygen atoms in total. The number of hydrogen-bond acceptors (Lipinski definition) is 1. The van der Waals surface area contributed by atoms with Gasteiger partial charge in [-0.25, -0.2) is 4.39 Å². The van der Waals surface area contributed by atoms with Gasteiger partial charge in [-0.05, 0) is 31.0 Å². The van der Waals surface area contributed by atoms with Crippen LogP contribution in [0.1, 0.15) is 12.8 Å². The number of rotatable bonds is 2. The van der Waals surface area contributed by atoms with Gasteiger partial charge >= 0.3 is 0 Å². The summed E-state index contributed by atoms with van der Waals surface area (Å²) >= 11 is 9.29. The van der Waals surface area contributed by atoms with Gasteiger partial charge in [0.1, 0.15) is 17.7 Å². The van der Waals surface area contributed by atoms with Crippen LogP contribution in [0.3, 0.4) is 0 Å². The summed E-state index contributed by atoms with van der Waals surface area (Å²) < 4.78 is 18.3. The quantitative estimate of drug-likeness (QED) is 0.749. The van der Waals surface area contributed by atoms with Gasteiger partial charge < -0.3 is 4.74 Å². The van der Waals surface area contributed by atoms with E-state index in [1.54, 1.807) is 6.07 Å². The average molecular weight is 280 g/mol. The first-order chi connectivity index (χ1) is 6.65. The van der Waals surface area contributed by atoms with Gasteiger partial charge in [0.2, 0.25) is 0 Å². The molecule has 0 heterocycles. The zero-order valence-corrected chi connectivity index (χ0v) is 9.69. The zero-order chi connectivity index (χ0) is 10.1. The molecule has 0 unspecified atom stereocenters. The normalized spacial score (nSPS) is 25.6. The lowest BCUT2D eigenvalue weighted by atomic mass is 9.96. The van der Waals surface area contributed by atoms with Crippen molar-refractivity contribution in [2.75, 3.05) is 0 Å². The Morgan fingerprint density at radius 2 is 2.14 bits per heavy atom. The van der Waals surface area contributed by atoms with Crippen LogP contribution in [0.4, 0.5) is 4.39 Å². The van der Waals surface area contributed by atoms with E-state index in [4.69, 9.17) is 16.3 Å². The van der Waals surface area contributed by atoms with E-state index in [0.717, 1.165) is 12.8 Å². The molecule has 0 radical (unpaired) electrons. The van der Waals surface area contributed by atoms with Crippen LogP contribution in [0.5, 0.6) is 5.75 Å². The van der Waals surface area contributed by atoms with Crippen molar-refractivity contribution < 1.29 is 9.13 Å². The molecule has 76 valence electrons. The molecule has 0 saturated heterocycles. The minimum atomic E-state index is -0.339. The molecule has 2 rings (SSSR count). The fraction of sp³-hybridized carbons (Fsp3) is 0.400. The van der Waals surface area contributed by atoms with Crippen LogP contribution in [0.15, 0.2) is 18.2 Å². The molecule has 14 heavy (non-hydrogen) atoms. The molecule has 1 fully saturated rings. The Balaban J connectivity index is 2.02. The summed E-state index contributed by atoms with van der Waals surface area (Å²) in [6.45, 7) is 0. The second-order valence-electron chi connectivity index (χ2n) is 3.38. The number of ether oxygens (including phenoxy) is 1. The number of benzene rings is 1. The standard InChI is InChI=1S/C10H9BrClFO/c11-6-3-8(4-6)14-10-2-1-7(13)5-9(10)12/h1-2,5-6,8H,3-4H2. The zero-order valence-electron chi connectivity index (χ0n) is 7.34. The van der Waals surface area contributed by atoms with Gasteiger partial charge in [-0.15, -0.1) is 0 Å². The minimum absolute atomic E-state index is 0.210. The van der Waals surface area contributed by atoms with Gasteiger partial charge in [-0.3, -0.25) is 0 Å². The van der Waals surface area contributed by atoms with Gasteiger partial charge in [0.25, 0.3) is 0 Å². The smallest absolute Gasteiger partial charge is 0.138 e. The maximum atomic E-state index is 12.7. The summed E-state index contributed by atoms with van der Waals surface area (Å²) in [5.74, 6) is 0.229. The lowest BCUT2D eigenvalue weighted by molar-refractivity contribution is 0.128. The number of halogens is 3. The van der Waals surface area contributed by atoms with Crippen molar-refractivity contribution in [3.05, 3.63) is 29.0 Å². The molecule has 0 spiro atoms.